The molecule has 1 aromatic heterocycles. The van der Waals surface area contributed by atoms with Gasteiger partial charge in [0.05, 0.1) is 0 Å². The Labute approximate surface area is 109 Å². The summed E-state index contributed by atoms with van der Waals surface area (Å²) in [5, 5.41) is 7.77. The number of rotatable bonds is 4. The van der Waals surface area contributed by atoms with Crippen molar-refractivity contribution in [2.24, 2.45) is 0 Å². The molecule has 0 fully saturated rings. The van der Waals surface area contributed by atoms with E-state index in [-0.39, 0.29) is 0 Å². The van der Waals surface area contributed by atoms with E-state index < -0.39 is 0 Å². The standard InChI is InChI=1S/C13H14BrNS/c1-10-2-3-12(14)13(8-10)15-6-4-11-5-7-16-9-11/h2-3,5,7-9,15H,4,6H2,1H3. The Kier molecular flexibility index (Phi) is 4.02. The lowest BCUT2D eigenvalue weighted by Gasteiger charge is -2.08. The summed E-state index contributed by atoms with van der Waals surface area (Å²) in [6, 6.07) is 8.53. The monoisotopic (exact) mass is 295 g/mol. The van der Waals surface area contributed by atoms with Gasteiger partial charge in [-0.25, -0.2) is 0 Å². The van der Waals surface area contributed by atoms with Crippen LogP contribution in [0.5, 0.6) is 0 Å². The van der Waals surface area contributed by atoms with Gasteiger partial charge in [-0.15, -0.1) is 0 Å². The number of hydrogen-bond acceptors (Lipinski definition) is 2. The molecule has 0 saturated carbocycles. The molecule has 0 aliphatic rings. The van der Waals surface area contributed by atoms with Gasteiger partial charge in [0.15, 0.2) is 0 Å². The topological polar surface area (TPSA) is 12.0 Å². The van der Waals surface area contributed by atoms with Gasteiger partial charge in [0.1, 0.15) is 0 Å². The summed E-state index contributed by atoms with van der Waals surface area (Å²) in [7, 11) is 0. The van der Waals surface area contributed by atoms with Crippen LogP contribution in [0.25, 0.3) is 0 Å². The summed E-state index contributed by atoms with van der Waals surface area (Å²) in [6.07, 6.45) is 1.07. The maximum absolute atomic E-state index is 3.55. The summed E-state index contributed by atoms with van der Waals surface area (Å²) in [6.45, 7) is 3.08. The minimum absolute atomic E-state index is 0.971. The average molecular weight is 296 g/mol. The van der Waals surface area contributed by atoms with Crippen molar-refractivity contribution >= 4 is 33.0 Å². The predicted octanol–water partition coefficient (Wildman–Crippen LogP) is 4.47. The van der Waals surface area contributed by atoms with Crippen molar-refractivity contribution in [2.45, 2.75) is 13.3 Å². The van der Waals surface area contributed by atoms with Crippen LogP contribution >= 0.6 is 27.3 Å². The van der Waals surface area contributed by atoms with Crippen molar-refractivity contribution in [1.82, 2.24) is 0 Å². The van der Waals surface area contributed by atoms with Crippen LogP contribution in [0.1, 0.15) is 11.1 Å². The first-order valence-corrected chi connectivity index (χ1v) is 7.00. The van der Waals surface area contributed by atoms with E-state index >= 15 is 0 Å². The number of halogens is 1. The van der Waals surface area contributed by atoms with Crippen molar-refractivity contribution in [3.63, 3.8) is 0 Å². The molecule has 3 heteroatoms. The molecule has 1 heterocycles. The minimum atomic E-state index is 0.971. The van der Waals surface area contributed by atoms with E-state index in [2.05, 4.69) is 63.2 Å². The molecule has 16 heavy (non-hydrogen) atoms. The smallest absolute Gasteiger partial charge is 0.0487 e. The van der Waals surface area contributed by atoms with Crippen molar-refractivity contribution in [1.29, 1.82) is 0 Å². The van der Waals surface area contributed by atoms with E-state index in [1.165, 1.54) is 16.8 Å². The molecule has 0 spiro atoms. The Balaban J connectivity index is 1.92. The molecule has 0 aliphatic heterocycles. The minimum Gasteiger partial charge on any atom is -0.384 e. The zero-order valence-corrected chi connectivity index (χ0v) is 11.6. The van der Waals surface area contributed by atoms with Crippen LogP contribution in [0, 0.1) is 6.92 Å². The van der Waals surface area contributed by atoms with Gasteiger partial charge in [-0.2, -0.15) is 11.3 Å². The second-order valence-corrected chi connectivity index (χ2v) is 5.43. The van der Waals surface area contributed by atoms with Crippen molar-refractivity contribution in [2.75, 3.05) is 11.9 Å². The zero-order valence-electron chi connectivity index (χ0n) is 9.16. The van der Waals surface area contributed by atoms with Crippen LogP contribution < -0.4 is 5.32 Å². The Hall–Kier alpha value is -0.800. The average Bonchev–Trinajstić information content (AvgIpc) is 2.76. The van der Waals surface area contributed by atoms with Gasteiger partial charge in [-0.05, 0) is 69.4 Å². The van der Waals surface area contributed by atoms with Crippen LogP contribution in [0.3, 0.4) is 0 Å². The van der Waals surface area contributed by atoms with Gasteiger partial charge in [-0.1, -0.05) is 6.07 Å². The van der Waals surface area contributed by atoms with Crippen LogP contribution in [0.2, 0.25) is 0 Å². The van der Waals surface area contributed by atoms with E-state index in [9.17, 15) is 0 Å². The van der Waals surface area contributed by atoms with Crippen LogP contribution in [-0.2, 0) is 6.42 Å². The van der Waals surface area contributed by atoms with Gasteiger partial charge >= 0.3 is 0 Å². The number of benzene rings is 1. The fraction of sp³-hybridized carbons (Fsp3) is 0.231. The largest absolute Gasteiger partial charge is 0.384 e. The maximum atomic E-state index is 3.55. The first kappa shape index (κ1) is 11.7. The van der Waals surface area contributed by atoms with Gasteiger partial charge in [-0.3, -0.25) is 0 Å². The number of nitrogens with one attached hydrogen (secondary N) is 1. The third-order valence-electron chi connectivity index (χ3n) is 2.43. The molecule has 0 unspecified atom stereocenters. The Morgan fingerprint density at radius 2 is 2.19 bits per heavy atom. The third kappa shape index (κ3) is 3.09. The summed E-state index contributed by atoms with van der Waals surface area (Å²) in [4.78, 5) is 0. The first-order chi connectivity index (χ1) is 7.75. The molecular weight excluding hydrogens is 282 g/mol. The van der Waals surface area contributed by atoms with Crippen molar-refractivity contribution in [3.05, 3.63) is 50.6 Å². The fourth-order valence-electron chi connectivity index (χ4n) is 1.55. The highest BCUT2D eigenvalue weighted by atomic mass is 79.9. The molecule has 1 N–H and O–H groups in total. The molecule has 0 radical (unpaired) electrons. The zero-order chi connectivity index (χ0) is 11.4. The summed E-state index contributed by atoms with van der Waals surface area (Å²) in [5.74, 6) is 0. The number of thiophene rings is 1. The van der Waals surface area contributed by atoms with Gasteiger partial charge in [0.25, 0.3) is 0 Å². The molecule has 84 valence electrons. The van der Waals surface area contributed by atoms with Crippen molar-refractivity contribution in [3.8, 4) is 0 Å². The molecule has 0 amide bonds. The molecule has 2 rings (SSSR count). The predicted molar refractivity (Wildman–Crippen MR) is 75.4 cm³/mol. The summed E-state index contributed by atoms with van der Waals surface area (Å²) < 4.78 is 1.13. The highest BCUT2D eigenvalue weighted by molar-refractivity contribution is 9.10. The third-order valence-corrected chi connectivity index (χ3v) is 3.85. The first-order valence-electron chi connectivity index (χ1n) is 5.27. The normalized spacial score (nSPS) is 10.4. The van der Waals surface area contributed by atoms with Gasteiger partial charge in [0, 0.05) is 16.7 Å². The molecule has 0 bridgehead atoms. The van der Waals surface area contributed by atoms with Crippen LogP contribution in [0.15, 0.2) is 39.5 Å². The molecule has 0 saturated heterocycles. The summed E-state index contributed by atoms with van der Waals surface area (Å²) >= 11 is 5.30. The van der Waals surface area contributed by atoms with Crippen molar-refractivity contribution < 1.29 is 0 Å². The lowest BCUT2D eigenvalue weighted by Crippen LogP contribution is -2.04. The number of aryl methyl sites for hydroxylation is 1. The van der Waals surface area contributed by atoms with E-state index in [4.69, 9.17) is 0 Å². The molecular formula is C13H14BrNS. The SMILES string of the molecule is Cc1ccc(Br)c(NCCc2ccsc2)c1. The lowest BCUT2D eigenvalue weighted by molar-refractivity contribution is 1.02. The van der Waals surface area contributed by atoms with E-state index in [1.807, 2.05) is 0 Å². The molecule has 1 aromatic carbocycles. The molecule has 2 aromatic rings. The van der Waals surface area contributed by atoms with Crippen LogP contribution in [-0.4, -0.2) is 6.54 Å². The van der Waals surface area contributed by atoms with Gasteiger partial charge in [0.2, 0.25) is 0 Å². The Morgan fingerprint density at radius 1 is 1.31 bits per heavy atom. The van der Waals surface area contributed by atoms with Gasteiger partial charge < -0.3 is 5.32 Å². The fourth-order valence-corrected chi connectivity index (χ4v) is 2.64. The van der Waals surface area contributed by atoms with E-state index in [0.717, 1.165) is 17.4 Å². The van der Waals surface area contributed by atoms with E-state index in [1.54, 1.807) is 11.3 Å². The number of hydrogen-bond donors (Lipinski definition) is 1. The summed E-state index contributed by atoms with van der Waals surface area (Å²) in [5.41, 5.74) is 3.86. The molecule has 1 nitrogen and oxygen atoms in total. The Morgan fingerprint density at radius 3 is 2.94 bits per heavy atom. The van der Waals surface area contributed by atoms with E-state index in [0.29, 0.717) is 0 Å². The maximum Gasteiger partial charge on any atom is 0.0487 e. The molecule has 0 atom stereocenters. The molecule has 0 aliphatic carbocycles. The highest BCUT2D eigenvalue weighted by Gasteiger charge is 1.99. The quantitative estimate of drug-likeness (QED) is 0.877. The number of anilines is 1. The van der Waals surface area contributed by atoms with Crippen LogP contribution in [0.4, 0.5) is 5.69 Å². The highest BCUT2D eigenvalue weighted by Crippen LogP contribution is 2.23. The lowest BCUT2D eigenvalue weighted by atomic mass is 10.2. The second-order valence-electron chi connectivity index (χ2n) is 3.79. The Bertz CT molecular complexity index is 451. The second kappa shape index (κ2) is 5.51.